The third-order valence-electron chi connectivity index (χ3n) is 1.48. The van der Waals surface area contributed by atoms with Crippen molar-refractivity contribution in [2.45, 2.75) is 39.2 Å². The Morgan fingerprint density at radius 2 is 2.00 bits per heavy atom. The average molecular weight is 159 g/mol. The zero-order valence-corrected chi connectivity index (χ0v) is 7.85. The highest BCUT2D eigenvalue weighted by Gasteiger charge is 2.15. The molecule has 0 aromatic heterocycles. The summed E-state index contributed by atoms with van der Waals surface area (Å²) in [6.45, 7) is 7.52. The standard InChI is InChI=1S/C9H19O2/c1-5-6-7-11-8-9(2,3)10-4/h4-8H2,1-3H3. The van der Waals surface area contributed by atoms with Gasteiger partial charge in [0.2, 0.25) is 0 Å². The first-order chi connectivity index (χ1) is 5.12. The minimum atomic E-state index is -0.242. The van der Waals surface area contributed by atoms with Gasteiger partial charge in [-0.1, -0.05) is 13.3 Å². The average Bonchev–Trinajstić information content (AvgIpc) is 1.99. The van der Waals surface area contributed by atoms with E-state index in [2.05, 4.69) is 14.0 Å². The van der Waals surface area contributed by atoms with E-state index in [1.165, 1.54) is 6.42 Å². The molecule has 11 heavy (non-hydrogen) atoms. The maximum atomic E-state index is 5.36. The predicted molar refractivity (Wildman–Crippen MR) is 46.2 cm³/mol. The maximum absolute atomic E-state index is 5.36. The van der Waals surface area contributed by atoms with Crippen molar-refractivity contribution in [1.29, 1.82) is 0 Å². The SMILES string of the molecule is [CH2]OC(C)(C)COCCCC. The molecule has 0 heterocycles. The molecule has 2 heteroatoms. The largest absolute Gasteiger partial charge is 0.378 e. The highest BCUT2D eigenvalue weighted by molar-refractivity contribution is 4.66. The summed E-state index contributed by atoms with van der Waals surface area (Å²) < 4.78 is 10.3. The quantitative estimate of drug-likeness (QED) is 0.554. The molecule has 0 unspecified atom stereocenters. The van der Waals surface area contributed by atoms with Crippen LogP contribution in [0.4, 0.5) is 0 Å². The van der Waals surface area contributed by atoms with E-state index in [-0.39, 0.29) is 5.60 Å². The van der Waals surface area contributed by atoms with E-state index in [0.717, 1.165) is 13.0 Å². The van der Waals surface area contributed by atoms with Gasteiger partial charge in [0.25, 0.3) is 0 Å². The fraction of sp³-hybridized carbons (Fsp3) is 0.889. The summed E-state index contributed by atoms with van der Waals surface area (Å²) in [6, 6.07) is 0. The Hall–Kier alpha value is -0.0800. The van der Waals surface area contributed by atoms with Crippen molar-refractivity contribution in [3.8, 4) is 0 Å². The van der Waals surface area contributed by atoms with E-state index in [4.69, 9.17) is 9.47 Å². The number of unbranched alkanes of at least 4 members (excludes halogenated alkanes) is 1. The maximum Gasteiger partial charge on any atom is 0.0860 e. The number of ether oxygens (including phenoxy) is 2. The number of rotatable bonds is 6. The second kappa shape index (κ2) is 5.56. The van der Waals surface area contributed by atoms with Crippen LogP contribution in [0.1, 0.15) is 33.6 Å². The highest BCUT2D eigenvalue weighted by Crippen LogP contribution is 2.08. The van der Waals surface area contributed by atoms with Crippen molar-refractivity contribution in [1.82, 2.24) is 0 Å². The summed E-state index contributed by atoms with van der Waals surface area (Å²) in [7, 11) is 3.38. The first kappa shape index (κ1) is 10.9. The first-order valence-corrected chi connectivity index (χ1v) is 4.13. The Kier molecular flexibility index (Phi) is 5.51. The van der Waals surface area contributed by atoms with E-state index in [1.807, 2.05) is 13.8 Å². The van der Waals surface area contributed by atoms with Gasteiger partial charge >= 0.3 is 0 Å². The van der Waals surface area contributed by atoms with Gasteiger partial charge in [-0.3, -0.25) is 0 Å². The Balaban J connectivity index is 3.23. The molecule has 0 rings (SSSR count). The molecule has 0 aliphatic heterocycles. The molecule has 0 saturated heterocycles. The van der Waals surface area contributed by atoms with Crippen LogP contribution in [-0.2, 0) is 9.47 Å². The van der Waals surface area contributed by atoms with E-state index in [1.54, 1.807) is 0 Å². The molecule has 0 aromatic rings. The summed E-state index contributed by atoms with van der Waals surface area (Å²) in [5.74, 6) is 0. The highest BCUT2D eigenvalue weighted by atomic mass is 16.5. The lowest BCUT2D eigenvalue weighted by molar-refractivity contribution is -0.0342. The first-order valence-electron chi connectivity index (χ1n) is 4.13. The molecule has 0 amide bonds. The molecule has 1 radical (unpaired) electrons. The van der Waals surface area contributed by atoms with Crippen LogP contribution in [0.2, 0.25) is 0 Å². The third kappa shape index (κ3) is 6.32. The van der Waals surface area contributed by atoms with Crippen molar-refractivity contribution >= 4 is 0 Å². The Morgan fingerprint density at radius 1 is 1.36 bits per heavy atom. The van der Waals surface area contributed by atoms with E-state index in [0.29, 0.717) is 6.61 Å². The molecule has 0 atom stereocenters. The molecule has 2 nitrogen and oxygen atoms in total. The zero-order valence-electron chi connectivity index (χ0n) is 7.85. The zero-order chi connectivity index (χ0) is 8.74. The summed E-state index contributed by atoms with van der Waals surface area (Å²) in [6.07, 6.45) is 2.29. The summed E-state index contributed by atoms with van der Waals surface area (Å²) in [5, 5.41) is 0. The number of hydrogen-bond acceptors (Lipinski definition) is 2. The summed E-state index contributed by atoms with van der Waals surface area (Å²) >= 11 is 0. The van der Waals surface area contributed by atoms with Crippen LogP contribution in [0, 0.1) is 7.11 Å². The van der Waals surface area contributed by atoms with E-state index < -0.39 is 0 Å². The second-order valence-corrected chi connectivity index (χ2v) is 3.31. The minimum absolute atomic E-state index is 0.242. The van der Waals surface area contributed by atoms with E-state index in [9.17, 15) is 0 Å². The molecule has 0 saturated carbocycles. The van der Waals surface area contributed by atoms with Crippen molar-refractivity contribution in [2.24, 2.45) is 0 Å². The lowest BCUT2D eigenvalue weighted by atomic mass is 10.1. The van der Waals surface area contributed by atoms with Crippen LogP contribution < -0.4 is 0 Å². The normalized spacial score (nSPS) is 12.0. The van der Waals surface area contributed by atoms with Crippen LogP contribution in [0.25, 0.3) is 0 Å². The molecule has 0 fully saturated rings. The molecule has 0 aromatic carbocycles. The van der Waals surface area contributed by atoms with Crippen LogP contribution in [0.15, 0.2) is 0 Å². The van der Waals surface area contributed by atoms with Crippen molar-refractivity contribution < 1.29 is 9.47 Å². The van der Waals surface area contributed by atoms with Gasteiger partial charge in [0.15, 0.2) is 0 Å². The van der Waals surface area contributed by atoms with Crippen molar-refractivity contribution in [3.63, 3.8) is 0 Å². The van der Waals surface area contributed by atoms with Crippen LogP contribution in [-0.4, -0.2) is 18.8 Å². The molecule has 0 N–H and O–H groups in total. The lowest BCUT2D eigenvalue weighted by Crippen LogP contribution is -2.28. The summed E-state index contributed by atoms with van der Waals surface area (Å²) in [4.78, 5) is 0. The molecule has 67 valence electrons. The van der Waals surface area contributed by atoms with Gasteiger partial charge < -0.3 is 9.47 Å². The molecule has 0 aliphatic carbocycles. The third-order valence-corrected chi connectivity index (χ3v) is 1.48. The van der Waals surface area contributed by atoms with Crippen LogP contribution in [0.5, 0.6) is 0 Å². The van der Waals surface area contributed by atoms with Gasteiger partial charge in [0.1, 0.15) is 0 Å². The lowest BCUT2D eigenvalue weighted by Gasteiger charge is -2.22. The van der Waals surface area contributed by atoms with Crippen LogP contribution in [0.3, 0.4) is 0 Å². The van der Waals surface area contributed by atoms with Gasteiger partial charge in [-0.05, 0) is 20.3 Å². The molecular weight excluding hydrogens is 140 g/mol. The Labute approximate surface area is 69.9 Å². The fourth-order valence-electron chi connectivity index (χ4n) is 0.606. The van der Waals surface area contributed by atoms with Gasteiger partial charge in [0, 0.05) is 6.61 Å². The molecule has 0 bridgehead atoms. The van der Waals surface area contributed by atoms with Gasteiger partial charge in [0.05, 0.1) is 19.3 Å². The summed E-state index contributed by atoms with van der Waals surface area (Å²) in [5.41, 5.74) is -0.242. The monoisotopic (exact) mass is 159 g/mol. The van der Waals surface area contributed by atoms with Gasteiger partial charge in [-0.25, -0.2) is 0 Å². The molecular formula is C9H19O2. The Bertz CT molecular complexity index is 89.6. The smallest absolute Gasteiger partial charge is 0.0860 e. The van der Waals surface area contributed by atoms with Crippen LogP contribution >= 0.6 is 0 Å². The predicted octanol–water partition coefficient (Wildman–Crippen LogP) is 2.39. The van der Waals surface area contributed by atoms with Crippen molar-refractivity contribution in [2.75, 3.05) is 13.2 Å². The minimum Gasteiger partial charge on any atom is -0.378 e. The molecule has 0 aliphatic rings. The van der Waals surface area contributed by atoms with Gasteiger partial charge in [-0.15, -0.1) is 0 Å². The molecule has 0 spiro atoms. The van der Waals surface area contributed by atoms with Crippen molar-refractivity contribution in [3.05, 3.63) is 7.11 Å². The Morgan fingerprint density at radius 3 is 2.45 bits per heavy atom. The van der Waals surface area contributed by atoms with E-state index >= 15 is 0 Å². The van der Waals surface area contributed by atoms with Gasteiger partial charge in [-0.2, -0.15) is 0 Å². The fourth-order valence-corrected chi connectivity index (χ4v) is 0.606. The topological polar surface area (TPSA) is 18.5 Å². The number of hydrogen-bond donors (Lipinski definition) is 0. The second-order valence-electron chi connectivity index (χ2n) is 3.31.